The third-order valence-corrected chi connectivity index (χ3v) is 9.34. The Bertz CT molecular complexity index is 325. The highest BCUT2D eigenvalue weighted by Crippen LogP contribution is 2.36. The number of methoxy groups -OCH3 is 1. The van der Waals surface area contributed by atoms with Gasteiger partial charge in [-0.05, 0) is 43.3 Å². The van der Waals surface area contributed by atoms with Crippen LogP contribution in [0.4, 0.5) is 0 Å². The molecule has 23 heavy (non-hydrogen) atoms. The average molecular weight is 347 g/mol. The molecular weight excluding hydrogens is 308 g/mol. The summed E-state index contributed by atoms with van der Waals surface area (Å²) in [5.74, 6) is 0.304. The molecule has 0 aromatic heterocycles. The molecule has 0 saturated carbocycles. The van der Waals surface area contributed by atoms with E-state index in [0.29, 0.717) is 25.4 Å². The topological polar surface area (TPSA) is 47.9 Å². The first-order chi connectivity index (χ1) is 10.5. The van der Waals surface area contributed by atoms with Crippen molar-refractivity contribution in [3.63, 3.8) is 0 Å². The molecule has 0 aliphatic carbocycles. The third-order valence-electron chi connectivity index (χ3n) is 4.80. The van der Waals surface area contributed by atoms with E-state index in [1.165, 1.54) is 0 Å². The summed E-state index contributed by atoms with van der Waals surface area (Å²) in [6, 6.07) is 0. The third kappa shape index (κ3) is 9.01. The van der Waals surface area contributed by atoms with Gasteiger partial charge in [0.2, 0.25) is 0 Å². The molecule has 0 aliphatic heterocycles. The van der Waals surface area contributed by atoms with Crippen molar-refractivity contribution in [1.29, 1.82) is 0 Å². The van der Waals surface area contributed by atoms with Crippen LogP contribution in [-0.2, 0) is 13.9 Å². The van der Waals surface area contributed by atoms with Gasteiger partial charge in [-0.15, -0.1) is 6.58 Å². The monoisotopic (exact) mass is 346 g/mol. The van der Waals surface area contributed by atoms with Crippen molar-refractivity contribution in [2.45, 2.75) is 77.3 Å². The maximum Gasteiger partial charge on any atom is 0.191 e. The van der Waals surface area contributed by atoms with E-state index in [2.05, 4.69) is 47.4 Å². The molecule has 0 unspecified atom stereocenters. The molecule has 1 N–H and O–H groups in total. The van der Waals surface area contributed by atoms with Crippen molar-refractivity contribution in [3.05, 3.63) is 12.7 Å². The van der Waals surface area contributed by atoms with Crippen LogP contribution < -0.4 is 0 Å². The number of hydrogen-bond donors (Lipinski definition) is 1. The first-order valence-electron chi connectivity index (χ1n) is 8.58. The Balaban J connectivity index is 4.36. The van der Waals surface area contributed by atoms with Crippen molar-refractivity contribution >= 4 is 8.32 Å². The molecule has 5 heteroatoms. The Morgan fingerprint density at radius 3 is 2.35 bits per heavy atom. The van der Waals surface area contributed by atoms with Crippen molar-refractivity contribution in [1.82, 2.24) is 0 Å². The second kappa shape index (κ2) is 10.6. The summed E-state index contributed by atoms with van der Waals surface area (Å²) in [4.78, 5) is 0. The fraction of sp³-hybridized carbons (Fsp3) is 0.889. The van der Waals surface area contributed by atoms with Crippen LogP contribution in [0.25, 0.3) is 0 Å². The van der Waals surface area contributed by atoms with Crippen molar-refractivity contribution in [3.8, 4) is 0 Å². The van der Waals surface area contributed by atoms with Crippen LogP contribution in [0.2, 0.25) is 18.1 Å². The smallest absolute Gasteiger partial charge is 0.191 e. The molecule has 0 bridgehead atoms. The summed E-state index contributed by atoms with van der Waals surface area (Å²) in [5, 5.41) is 10.5. The van der Waals surface area contributed by atoms with Gasteiger partial charge in [-0.2, -0.15) is 0 Å². The number of rotatable bonds is 12. The Morgan fingerprint density at radius 1 is 1.26 bits per heavy atom. The minimum absolute atomic E-state index is 0.0316. The van der Waals surface area contributed by atoms with Gasteiger partial charge in [0, 0.05) is 13.7 Å². The van der Waals surface area contributed by atoms with Crippen LogP contribution in [0.15, 0.2) is 12.7 Å². The lowest BCUT2D eigenvalue weighted by atomic mass is 9.95. The number of hydrogen-bond acceptors (Lipinski definition) is 4. The van der Waals surface area contributed by atoms with Crippen LogP contribution >= 0.6 is 0 Å². The highest BCUT2D eigenvalue weighted by Gasteiger charge is 2.37. The van der Waals surface area contributed by atoms with Gasteiger partial charge in [-0.3, -0.25) is 0 Å². The normalized spacial score (nSPS) is 16.9. The number of aliphatic hydroxyl groups excluding tert-OH is 1. The molecule has 0 rings (SSSR count). The highest BCUT2D eigenvalue weighted by molar-refractivity contribution is 6.74. The lowest BCUT2D eigenvalue weighted by Crippen LogP contribution is -2.41. The number of aliphatic hydroxyl groups is 1. The van der Waals surface area contributed by atoms with Gasteiger partial charge < -0.3 is 19.0 Å². The van der Waals surface area contributed by atoms with Crippen LogP contribution in [0.5, 0.6) is 0 Å². The molecule has 0 spiro atoms. The van der Waals surface area contributed by atoms with Crippen LogP contribution in [-0.4, -0.2) is 46.1 Å². The molecule has 0 aromatic rings. The van der Waals surface area contributed by atoms with Crippen LogP contribution in [0.3, 0.4) is 0 Å². The van der Waals surface area contributed by atoms with Gasteiger partial charge in [0.25, 0.3) is 0 Å². The molecule has 4 nitrogen and oxygen atoms in total. The molecular formula is C18H38O4Si. The number of allylic oxidation sites excluding steroid dienone is 1. The summed E-state index contributed by atoms with van der Waals surface area (Å²) < 4.78 is 16.8. The molecule has 138 valence electrons. The fourth-order valence-electron chi connectivity index (χ4n) is 2.09. The molecule has 0 amide bonds. The molecule has 3 atom stereocenters. The van der Waals surface area contributed by atoms with Crippen molar-refractivity contribution in [2.75, 3.05) is 20.5 Å². The first-order valence-corrected chi connectivity index (χ1v) is 11.5. The summed E-state index contributed by atoms with van der Waals surface area (Å²) in [6.07, 6.45) is 3.53. The zero-order valence-electron chi connectivity index (χ0n) is 16.2. The van der Waals surface area contributed by atoms with Crippen LogP contribution in [0.1, 0.15) is 47.0 Å². The SMILES string of the molecule is C=CC[C@H](C)[C@@H](C[C@H](O)CCO[Si](C)(C)C(C)(C)C)OCOC. The predicted octanol–water partition coefficient (Wildman–Crippen LogP) is 4.35. The zero-order valence-corrected chi connectivity index (χ0v) is 17.2. The van der Waals surface area contributed by atoms with Crippen molar-refractivity contribution in [2.24, 2.45) is 5.92 Å². The minimum atomic E-state index is -1.74. The Hall–Kier alpha value is -0.203. The van der Waals surface area contributed by atoms with E-state index in [9.17, 15) is 5.11 Å². The molecule has 0 aromatic carbocycles. The van der Waals surface area contributed by atoms with E-state index in [0.717, 1.165) is 6.42 Å². The van der Waals surface area contributed by atoms with Gasteiger partial charge in [0.05, 0.1) is 12.2 Å². The predicted molar refractivity (Wildman–Crippen MR) is 99.1 cm³/mol. The molecule has 0 saturated heterocycles. The zero-order chi connectivity index (χ0) is 18.1. The second-order valence-electron chi connectivity index (χ2n) is 7.90. The van der Waals surface area contributed by atoms with Gasteiger partial charge >= 0.3 is 0 Å². The first kappa shape index (κ1) is 22.8. The van der Waals surface area contributed by atoms with Gasteiger partial charge in [0.1, 0.15) is 6.79 Å². The maximum atomic E-state index is 10.3. The number of ether oxygens (including phenoxy) is 2. The fourth-order valence-corrected chi connectivity index (χ4v) is 3.15. The summed E-state index contributed by atoms with van der Waals surface area (Å²) >= 11 is 0. The summed E-state index contributed by atoms with van der Waals surface area (Å²) in [7, 11) is -0.133. The van der Waals surface area contributed by atoms with Crippen molar-refractivity contribution < 1.29 is 19.0 Å². The Morgan fingerprint density at radius 2 is 1.87 bits per heavy atom. The van der Waals surface area contributed by atoms with Crippen LogP contribution in [0, 0.1) is 5.92 Å². The van der Waals surface area contributed by atoms with E-state index in [1.54, 1.807) is 7.11 Å². The van der Waals surface area contributed by atoms with E-state index >= 15 is 0 Å². The standard InChI is InChI=1S/C18H38O4Si/c1-9-10-15(2)17(21-14-20-6)13-16(19)11-12-22-23(7,8)18(3,4)5/h9,15-17,19H,1,10-14H2,2-8H3/t15-,16+,17+/m0/s1. The lowest BCUT2D eigenvalue weighted by Gasteiger charge is -2.36. The lowest BCUT2D eigenvalue weighted by molar-refractivity contribution is -0.102. The van der Waals surface area contributed by atoms with E-state index in [1.807, 2.05) is 6.08 Å². The van der Waals surface area contributed by atoms with Gasteiger partial charge in [0.15, 0.2) is 8.32 Å². The highest BCUT2D eigenvalue weighted by atomic mass is 28.4. The minimum Gasteiger partial charge on any atom is -0.417 e. The van der Waals surface area contributed by atoms with Gasteiger partial charge in [-0.1, -0.05) is 33.8 Å². The largest absolute Gasteiger partial charge is 0.417 e. The summed E-state index contributed by atoms with van der Waals surface area (Å²) in [6.45, 7) is 17.9. The molecule has 0 aliphatic rings. The Labute approximate surface area is 144 Å². The molecule has 0 heterocycles. The second-order valence-corrected chi connectivity index (χ2v) is 12.7. The molecule has 0 radical (unpaired) electrons. The van der Waals surface area contributed by atoms with E-state index in [4.69, 9.17) is 13.9 Å². The average Bonchev–Trinajstić information content (AvgIpc) is 2.42. The van der Waals surface area contributed by atoms with Gasteiger partial charge in [-0.25, -0.2) is 0 Å². The van der Waals surface area contributed by atoms with E-state index in [-0.39, 0.29) is 17.9 Å². The Kier molecular flexibility index (Phi) is 10.5. The molecule has 0 fully saturated rings. The summed E-state index contributed by atoms with van der Waals surface area (Å²) in [5.41, 5.74) is 0. The maximum absolute atomic E-state index is 10.3. The quantitative estimate of drug-likeness (QED) is 0.324. The van der Waals surface area contributed by atoms with E-state index < -0.39 is 14.4 Å².